The highest BCUT2D eigenvalue weighted by molar-refractivity contribution is 6.30. The van der Waals surface area contributed by atoms with Gasteiger partial charge in [-0.1, -0.05) is 11.6 Å². The Labute approximate surface area is 141 Å². The Bertz CT molecular complexity index is 590. The summed E-state index contributed by atoms with van der Waals surface area (Å²) in [4.78, 5) is 28.2. The molecule has 0 radical (unpaired) electrons. The first kappa shape index (κ1) is 16.1. The lowest BCUT2D eigenvalue weighted by atomic mass is 10.0. The van der Waals surface area contributed by atoms with Gasteiger partial charge in [0, 0.05) is 36.3 Å². The van der Waals surface area contributed by atoms with Crippen LogP contribution in [0.15, 0.2) is 24.3 Å². The Morgan fingerprint density at radius 2 is 2.00 bits per heavy atom. The van der Waals surface area contributed by atoms with E-state index in [4.69, 9.17) is 11.6 Å². The van der Waals surface area contributed by atoms with Crippen LogP contribution in [0.2, 0.25) is 5.02 Å². The molecule has 2 fully saturated rings. The standard InChI is InChI=1S/C17H22ClN3O2/c1-12-4-2-3-9-20(12)17(23)19-14-10-16(22)21(11-14)15-7-5-13(18)6-8-15/h5-8,12,14H,2-4,9-11H2,1H3,(H,19,23)/t12-,14-/m0/s1. The number of likely N-dealkylation sites (tertiary alicyclic amines) is 1. The van der Waals surface area contributed by atoms with Crippen molar-refractivity contribution in [3.8, 4) is 0 Å². The molecule has 3 rings (SSSR count). The molecule has 0 saturated carbocycles. The van der Waals surface area contributed by atoms with Gasteiger partial charge in [-0.05, 0) is 50.5 Å². The third-order valence-electron chi connectivity index (χ3n) is 4.65. The molecule has 2 heterocycles. The van der Waals surface area contributed by atoms with Crippen LogP contribution < -0.4 is 10.2 Å². The van der Waals surface area contributed by atoms with Crippen molar-refractivity contribution in [2.24, 2.45) is 0 Å². The van der Waals surface area contributed by atoms with Crippen molar-refractivity contribution < 1.29 is 9.59 Å². The molecular formula is C17H22ClN3O2. The Morgan fingerprint density at radius 3 is 2.70 bits per heavy atom. The van der Waals surface area contributed by atoms with E-state index in [1.165, 1.54) is 6.42 Å². The van der Waals surface area contributed by atoms with Gasteiger partial charge in [0.2, 0.25) is 5.91 Å². The third kappa shape index (κ3) is 3.61. The maximum absolute atomic E-state index is 12.4. The number of carbonyl (C=O) groups excluding carboxylic acids is 2. The molecule has 2 atom stereocenters. The predicted molar refractivity (Wildman–Crippen MR) is 90.8 cm³/mol. The van der Waals surface area contributed by atoms with Crippen LogP contribution in [0.1, 0.15) is 32.6 Å². The molecule has 1 N–H and O–H groups in total. The molecule has 3 amide bonds. The molecule has 0 spiro atoms. The molecule has 2 aliphatic heterocycles. The van der Waals surface area contributed by atoms with Crippen LogP contribution in [0.3, 0.4) is 0 Å². The minimum absolute atomic E-state index is 0.0318. The first-order chi connectivity index (χ1) is 11.0. The lowest BCUT2D eigenvalue weighted by Gasteiger charge is -2.34. The molecule has 1 aromatic rings. The van der Waals surface area contributed by atoms with E-state index in [0.29, 0.717) is 18.0 Å². The molecule has 0 aliphatic carbocycles. The minimum atomic E-state index is -0.139. The number of carbonyl (C=O) groups is 2. The first-order valence-electron chi connectivity index (χ1n) is 8.17. The van der Waals surface area contributed by atoms with E-state index in [2.05, 4.69) is 12.2 Å². The van der Waals surface area contributed by atoms with Gasteiger partial charge in [0.25, 0.3) is 0 Å². The van der Waals surface area contributed by atoms with Crippen LogP contribution in [-0.4, -0.2) is 42.0 Å². The van der Waals surface area contributed by atoms with Crippen LogP contribution in [0, 0.1) is 0 Å². The summed E-state index contributed by atoms with van der Waals surface area (Å²) in [5.74, 6) is 0.0318. The third-order valence-corrected chi connectivity index (χ3v) is 4.91. The molecule has 2 saturated heterocycles. The number of amides is 3. The van der Waals surface area contributed by atoms with E-state index in [9.17, 15) is 9.59 Å². The van der Waals surface area contributed by atoms with Gasteiger partial charge in [0.1, 0.15) is 0 Å². The summed E-state index contributed by atoms with van der Waals surface area (Å²) >= 11 is 5.89. The predicted octanol–water partition coefficient (Wildman–Crippen LogP) is 3.03. The number of piperidine rings is 1. The van der Waals surface area contributed by atoms with E-state index in [1.54, 1.807) is 17.0 Å². The lowest BCUT2D eigenvalue weighted by Crippen LogP contribution is -2.50. The van der Waals surface area contributed by atoms with Gasteiger partial charge in [-0.25, -0.2) is 4.79 Å². The van der Waals surface area contributed by atoms with Gasteiger partial charge >= 0.3 is 6.03 Å². The SMILES string of the molecule is C[C@H]1CCCCN1C(=O)N[C@H]1CC(=O)N(c2ccc(Cl)cc2)C1. The van der Waals surface area contributed by atoms with Crippen LogP contribution in [0.4, 0.5) is 10.5 Å². The van der Waals surface area contributed by atoms with Crippen molar-refractivity contribution in [3.05, 3.63) is 29.3 Å². The maximum atomic E-state index is 12.4. The molecular weight excluding hydrogens is 314 g/mol. The summed E-state index contributed by atoms with van der Waals surface area (Å²) in [6, 6.07) is 7.28. The monoisotopic (exact) mass is 335 g/mol. The smallest absolute Gasteiger partial charge is 0.317 e. The van der Waals surface area contributed by atoms with Crippen molar-refractivity contribution in [2.45, 2.75) is 44.7 Å². The zero-order chi connectivity index (χ0) is 16.4. The molecule has 0 bridgehead atoms. The molecule has 1 aromatic carbocycles. The van der Waals surface area contributed by atoms with Gasteiger partial charge in [-0.2, -0.15) is 0 Å². The summed E-state index contributed by atoms with van der Waals surface area (Å²) in [5.41, 5.74) is 0.822. The number of rotatable bonds is 2. The van der Waals surface area contributed by atoms with Crippen LogP contribution in [0.5, 0.6) is 0 Å². The first-order valence-corrected chi connectivity index (χ1v) is 8.55. The second-order valence-corrected chi connectivity index (χ2v) is 6.81. The second kappa shape index (κ2) is 6.79. The summed E-state index contributed by atoms with van der Waals surface area (Å²) in [6.07, 6.45) is 3.62. The topological polar surface area (TPSA) is 52.7 Å². The van der Waals surface area contributed by atoms with Gasteiger partial charge in [0.15, 0.2) is 0 Å². The van der Waals surface area contributed by atoms with Crippen LogP contribution in [-0.2, 0) is 4.79 Å². The van der Waals surface area contributed by atoms with E-state index in [-0.39, 0.29) is 24.0 Å². The zero-order valence-electron chi connectivity index (χ0n) is 13.3. The summed E-state index contributed by atoms with van der Waals surface area (Å²) in [6.45, 7) is 3.39. The summed E-state index contributed by atoms with van der Waals surface area (Å²) in [7, 11) is 0. The van der Waals surface area contributed by atoms with Crippen molar-refractivity contribution in [3.63, 3.8) is 0 Å². The highest BCUT2D eigenvalue weighted by Crippen LogP contribution is 2.24. The highest BCUT2D eigenvalue weighted by Gasteiger charge is 2.33. The number of nitrogens with one attached hydrogen (secondary N) is 1. The van der Waals surface area contributed by atoms with Gasteiger partial charge < -0.3 is 15.1 Å². The fourth-order valence-corrected chi connectivity index (χ4v) is 3.46. The molecule has 2 aliphatic rings. The number of anilines is 1. The number of benzene rings is 1. The average molecular weight is 336 g/mol. The van der Waals surface area contributed by atoms with Crippen molar-refractivity contribution >= 4 is 29.2 Å². The summed E-state index contributed by atoms with van der Waals surface area (Å²) < 4.78 is 0. The maximum Gasteiger partial charge on any atom is 0.317 e. The fraction of sp³-hybridized carbons (Fsp3) is 0.529. The van der Waals surface area contributed by atoms with Crippen molar-refractivity contribution in [2.75, 3.05) is 18.0 Å². The van der Waals surface area contributed by atoms with Crippen molar-refractivity contribution in [1.29, 1.82) is 0 Å². The minimum Gasteiger partial charge on any atom is -0.333 e. The van der Waals surface area contributed by atoms with Gasteiger partial charge in [0.05, 0.1) is 6.04 Å². The Morgan fingerprint density at radius 1 is 1.26 bits per heavy atom. The number of hydrogen-bond acceptors (Lipinski definition) is 2. The molecule has 124 valence electrons. The zero-order valence-corrected chi connectivity index (χ0v) is 14.1. The highest BCUT2D eigenvalue weighted by atomic mass is 35.5. The number of halogens is 1. The largest absolute Gasteiger partial charge is 0.333 e. The molecule has 0 unspecified atom stereocenters. The van der Waals surface area contributed by atoms with E-state index in [0.717, 1.165) is 25.1 Å². The number of nitrogens with zero attached hydrogens (tertiary/aromatic N) is 2. The number of urea groups is 1. The van der Waals surface area contributed by atoms with E-state index >= 15 is 0 Å². The Kier molecular flexibility index (Phi) is 4.76. The van der Waals surface area contributed by atoms with Gasteiger partial charge in [-0.3, -0.25) is 4.79 Å². The van der Waals surface area contributed by atoms with Crippen LogP contribution in [0.25, 0.3) is 0 Å². The quantitative estimate of drug-likeness (QED) is 0.903. The number of hydrogen-bond donors (Lipinski definition) is 1. The van der Waals surface area contributed by atoms with Crippen molar-refractivity contribution in [1.82, 2.24) is 10.2 Å². The fourth-order valence-electron chi connectivity index (χ4n) is 3.33. The molecule has 5 nitrogen and oxygen atoms in total. The molecule has 23 heavy (non-hydrogen) atoms. The average Bonchev–Trinajstić information content (AvgIpc) is 2.89. The molecule has 0 aromatic heterocycles. The van der Waals surface area contributed by atoms with E-state index < -0.39 is 0 Å². The Balaban J connectivity index is 1.61. The summed E-state index contributed by atoms with van der Waals surface area (Å²) in [5, 5.41) is 3.66. The lowest BCUT2D eigenvalue weighted by molar-refractivity contribution is -0.117. The second-order valence-electron chi connectivity index (χ2n) is 6.37. The van der Waals surface area contributed by atoms with Crippen LogP contribution >= 0.6 is 11.6 Å². The van der Waals surface area contributed by atoms with Gasteiger partial charge in [-0.15, -0.1) is 0 Å². The van der Waals surface area contributed by atoms with E-state index in [1.807, 2.05) is 17.0 Å². The Hall–Kier alpha value is -1.75. The normalized spacial score (nSPS) is 24.9. The molecule has 6 heteroatoms.